The predicted molar refractivity (Wildman–Crippen MR) is 120 cm³/mol. The number of carbonyl (C=O) groups is 1. The molecule has 0 saturated carbocycles. The summed E-state index contributed by atoms with van der Waals surface area (Å²) in [6, 6.07) is 15.0. The Morgan fingerprint density at radius 2 is 1.90 bits per heavy atom. The van der Waals surface area contributed by atoms with Crippen molar-refractivity contribution in [2.45, 2.75) is 6.92 Å². The van der Waals surface area contributed by atoms with E-state index in [1.165, 1.54) is 24.3 Å². The molecule has 1 aliphatic rings. The minimum atomic E-state index is -0.491. The van der Waals surface area contributed by atoms with Crippen molar-refractivity contribution < 1.29 is 18.9 Å². The number of hydrogen-bond donors (Lipinski definition) is 0. The third-order valence-electron chi connectivity index (χ3n) is 4.71. The van der Waals surface area contributed by atoms with Crippen LogP contribution in [0.5, 0.6) is 5.75 Å². The number of hydrazone groups is 1. The molecule has 0 saturated heterocycles. The van der Waals surface area contributed by atoms with E-state index in [2.05, 4.69) is 21.0 Å². The van der Waals surface area contributed by atoms with Crippen LogP contribution in [0.3, 0.4) is 0 Å². The number of rotatable bonds is 5. The molecule has 2 aromatic carbocycles. The Morgan fingerprint density at radius 3 is 2.58 bits per heavy atom. The molecule has 1 aromatic heterocycles. The van der Waals surface area contributed by atoms with Crippen LogP contribution in [0.15, 0.2) is 74.2 Å². The van der Waals surface area contributed by atoms with Gasteiger partial charge in [0, 0.05) is 10.5 Å². The van der Waals surface area contributed by atoms with Gasteiger partial charge in [-0.25, -0.2) is 0 Å². The zero-order valence-electron chi connectivity index (χ0n) is 16.5. The summed E-state index contributed by atoms with van der Waals surface area (Å²) >= 11 is 3.37. The number of benzene rings is 2. The van der Waals surface area contributed by atoms with Gasteiger partial charge in [0.05, 0.1) is 40.6 Å². The van der Waals surface area contributed by atoms with Crippen LogP contribution >= 0.6 is 15.9 Å². The van der Waals surface area contributed by atoms with Crippen molar-refractivity contribution in [3.63, 3.8) is 0 Å². The number of halogens is 1. The first-order chi connectivity index (χ1) is 14.9. The summed E-state index contributed by atoms with van der Waals surface area (Å²) in [7, 11) is 1.43. The number of nitrogens with zero attached hydrogens (tertiary/aromatic N) is 3. The minimum Gasteiger partial charge on any atom is -0.496 e. The number of anilines is 1. The maximum atomic E-state index is 12.9. The molecule has 0 spiro atoms. The average molecular weight is 482 g/mol. The second-order valence-corrected chi connectivity index (χ2v) is 7.60. The maximum Gasteiger partial charge on any atom is 0.280 e. The van der Waals surface area contributed by atoms with Crippen LogP contribution in [-0.2, 0) is 4.79 Å². The normalized spacial score (nSPS) is 14.8. The molecular weight excluding hydrogens is 466 g/mol. The summed E-state index contributed by atoms with van der Waals surface area (Å²) in [4.78, 5) is 23.4. The Labute approximate surface area is 185 Å². The van der Waals surface area contributed by atoms with Gasteiger partial charge in [0.1, 0.15) is 17.3 Å². The van der Waals surface area contributed by atoms with Crippen molar-refractivity contribution in [2.24, 2.45) is 5.10 Å². The number of non-ortho nitro benzene ring substituents is 1. The Hall–Kier alpha value is -3.72. The first-order valence-electron chi connectivity index (χ1n) is 9.17. The summed E-state index contributed by atoms with van der Waals surface area (Å²) in [6.07, 6.45) is 1.63. The molecule has 3 aromatic rings. The monoisotopic (exact) mass is 481 g/mol. The lowest BCUT2D eigenvalue weighted by atomic mass is 10.1. The molecule has 1 amide bonds. The van der Waals surface area contributed by atoms with Crippen LogP contribution in [0.4, 0.5) is 11.4 Å². The smallest absolute Gasteiger partial charge is 0.280 e. The summed E-state index contributed by atoms with van der Waals surface area (Å²) in [5.74, 6) is 0.971. The molecule has 4 rings (SSSR count). The van der Waals surface area contributed by atoms with Crippen LogP contribution in [0.2, 0.25) is 0 Å². The fourth-order valence-electron chi connectivity index (χ4n) is 3.16. The van der Waals surface area contributed by atoms with Gasteiger partial charge in [-0.3, -0.25) is 14.9 Å². The van der Waals surface area contributed by atoms with E-state index in [0.29, 0.717) is 39.8 Å². The van der Waals surface area contributed by atoms with Crippen molar-refractivity contribution >= 4 is 45.0 Å². The van der Waals surface area contributed by atoms with Crippen molar-refractivity contribution in [2.75, 3.05) is 12.1 Å². The largest absolute Gasteiger partial charge is 0.496 e. The molecule has 0 aliphatic carbocycles. The highest BCUT2D eigenvalue weighted by Crippen LogP contribution is 2.35. The van der Waals surface area contributed by atoms with Crippen molar-refractivity contribution in [1.29, 1.82) is 0 Å². The molecule has 1 aliphatic heterocycles. The Balaban J connectivity index is 1.63. The molecule has 8 nitrogen and oxygen atoms in total. The number of ether oxygens (including phenoxy) is 1. The van der Waals surface area contributed by atoms with Gasteiger partial charge in [-0.05, 0) is 55.5 Å². The Kier molecular flexibility index (Phi) is 5.43. The first-order valence-corrected chi connectivity index (χ1v) is 9.96. The van der Waals surface area contributed by atoms with Crippen LogP contribution in [0.25, 0.3) is 17.4 Å². The molecule has 0 bridgehead atoms. The highest BCUT2D eigenvalue weighted by Gasteiger charge is 2.29. The number of hydrogen-bond acceptors (Lipinski definition) is 6. The number of amides is 1. The van der Waals surface area contributed by atoms with E-state index in [0.717, 1.165) is 4.47 Å². The molecule has 0 radical (unpaired) electrons. The number of nitro groups is 1. The predicted octanol–water partition coefficient (Wildman–Crippen LogP) is 5.43. The second-order valence-electron chi connectivity index (χ2n) is 6.68. The van der Waals surface area contributed by atoms with Gasteiger partial charge in [-0.2, -0.15) is 10.1 Å². The van der Waals surface area contributed by atoms with Crippen molar-refractivity contribution in [1.82, 2.24) is 0 Å². The van der Waals surface area contributed by atoms with E-state index < -0.39 is 4.92 Å². The lowest BCUT2D eigenvalue weighted by Gasteiger charge is -2.11. The van der Waals surface area contributed by atoms with Gasteiger partial charge >= 0.3 is 0 Å². The third kappa shape index (κ3) is 3.99. The lowest BCUT2D eigenvalue weighted by molar-refractivity contribution is -0.384. The Bertz CT molecular complexity index is 1240. The zero-order chi connectivity index (χ0) is 22.1. The van der Waals surface area contributed by atoms with Crippen LogP contribution in [0.1, 0.15) is 12.7 Å². The SMILES string of the molecule is COc1cc([N+](=O)[O-])ccc1-c1ccc(C=C2C(=O)N(c3ccc(Br)cc3)N=C2C)o1. The fourth-order valence-corrected chi connectivity index (χ4v) is 3.42. The van der Waals surface area contributed by atoms with E-state index in [1.807, 2.05) is 12.1 Å². The first kappa shape index (κ1) is 20.5. The van der Waals surface area contributed by atoms with E-state index in [4.69, 9.17) is 9.15 Å². The average Bonchev–Trinajstić information content (AvgIpc) is 3.34. The standard InChI is InChI=1S/C22H16BrN3O5/c1-13-19(22(27)25(24-13)15-5-3-14(23)4-6-15)12-17-8-10-20(31-17)18-9-7-16(26(28)29)11-21(18)30-2/h3-12H,1-2H3. The summed E-state index contributed by atoms with van der Waals surface area (Å²) < 4.78 is 12.1. The highest BCUT2D eigenvalue weighted by molar-refractivity contribution is 9.10. The number of methoxy groups -OCH3 is 1. The number of furan rings is 1. The third-order valence-corrected chi connectivity index (χ3v) is 5.24. The topological polar surface area (TPSA) is 98.2 Å². The summed E-state index contributed by atoms with van der Waals surface area (Å²) in [5.41, 5.74) is 2.13. The molecule has 0 N–H and O–H groups in total. The van der Waals surface area contributed by atoms with Crippen LogP contribution in [-0.4, -0.2) is 23.7 Å². The molecule has 0 atom stereocenters. The van der Waals surface area contributed by atoms with E-state index >= 15 is 0 Å². The maximum absolute atomic E-state index is 12.9. The van der Waals surface area contributed by atoms with Crippen LogP contribution < -0.4 is 9.75 Å². The summed E-state index contributed by atoms with van der Waals surface area (Å²) in [6.45, 7) is 1.76. The second kappa shape index (κ2) is 8.19. The lowest BCUT2D eigenvalue weighted by Crippen LogP contribution is -2.21. The molecule has 0 fully saturated rings. The highest BCUT2D eigenvalue weighted by atomic mass is 79.9. The molecule has 2 heterocycles. The molecule has 156 valence electrons. The number of carbonyl (C=O) groups excluding carboxylic acids is 1. The fraction of sp³-hybridized carbons (Fsp3) is 0.0909. The van der Waals surface area contributed by atoms with E-state index in [9.17, 15) is 14.9 Å². The summed E-state index contributed by atoms with van der Waals surface area (Å²) in [5, 5.41) is 16.7. The van der Waals surface area contributed by atoms with E-state index in [1.54, 1.807) is 43.3 Å². The molecule has 31 heavy (non-hydrogen) atoms. The molecule has 9 heteroatoms. The Morgan fingerprint density at radius 1 is 1.16 bits per heavy atom. The van der Waals surface area contributed by atoms with E-state index in [-0.39, 0.29) is 11.6 Å². The van der Waals surface area contributed by atoms with Gasteiger partial charge in [0.2, 0.25) is 0 Å². The van der Waals surface area contributed by atoms with Gasteiger partial charge in [0.25, 0.3) is 11.6 Å². The molecular formula is C22H16BrN3O5. The quantitative estimate of drug-likeness (QED) is 0.274. The van der Waals surface area contributed by atoms with Gasteiger partial charge in [-0.1, -0.05) is 15.9 Å². The minimum absolute atomic E-state index is 0.0779. The van der Waals surface area contributed by atoms with Crippen molar-refractivity contribution in [3.8, 4) is 17.1 Å². The van der Waals surface area contributed by atoms with Crippen LogP contribution in [0, 0.1) is 10.1 Å². The van der Waals surface area contributed by atoms with Gasteiger partial charge in [0.15, 0.2) is 0 Å². The zero-order valence-corrected chi connectivity index (χ0v) is 18.1. The van der Waals surface area contributed by atoms with Gasteiger partial charge in [-0.15, -0.1) is 0 Å². The molecule has 0 unspecified atom stereocenters. The number of nitro benzene ring substituents is 1. The van der Waals surface area contributed by atoms with Crippen molar-refractivity contribution in [3.05, 3.63) is 80.5 Å². The van der Waals surface area contributed by atoms with Gasteiger partial charge < -0.3 is 9.15 Å².